The Hall–Kier alpha value is -2.42. The van der Waals surface area contributed by atoms with Crippen LogP contribution in [0.2, 0.25) is 0 Å². The van der Waals surface area contributed by atoms with Gasteiger partial charge in [-0.15, -0.1) is 0 Å². The van der Waals surface area contributed by atoms with Gasteiger partial charge in [-0.3, -0.25) is 24.7 Å². The van der Waals surface area contributed by atoms with E-state index in [1.165, 1.54) is 30.0 Å². The van der Waals surface area contributed by atoms with E-state index < -0.39 is 10.2 Å². The Morgan fingerprint density at radius 1 is 1.54 bits per heavy atom. The molecule has 9 heteroatoms. The summed E-state index contributed by atoms with van der Waals surface area (Å²) < 4.78 is 0. The lowest BCUT2D eigenvalue weighted by atomic mass is 10.2. The number of carbonyl (C=O) groups is 2. The first-order valence-electron chi connectivity index (χ1n) is 7.48. The van der Waals surface area contributed by atoms with Crippen LogP contribution < -0.4 is 10.6 Å². The zero-order chi connectivity index (χ0) is 17.7. The molecule has 0 spiro atoms. The molecular formula is C15H18N4O4S. The van der Waals surface area contributed by atoms with Gasteiger partial charge < -0.3 is 10.6 Å². The van der Waals surface area contributed by atoms with Gasteiger partial charge in [-0.1, -0.05) is 24.8 Å². The molecule has 0 aromatic heterocycles. The SMILES string of the molecule is CCC(C)N=C1NC(=O)C(CC(=O)Nc2cccc([N+](=O)[O-])c2)S1. The fourth-order valence-corrected chi connectivity index (χ4v) is 3.04. The first kappa shape index (κ1) is 17.9. The summed E-state index contributed by atoms with van der Waals surface area (Å²) in [5, 5.41) is 16.0. The van der Waals surface area contributed by atoms with Crippen molar-refractivity contribution in [3.8, 4) is 0 Å². The summed E-state index contributed by atoms with van der Waals surface area (Å²) in [6, 6.07) is 5.76. The highest BCUT2D eigenvalue weighted by molar-refractivity contribution is 8.15. The van der Waals surface area contributed by atoms with Gasteiger partial charge in [0.15, 0.2) is 5.17 Å². The molecule has 8 nitrogen and oxygen atoms in total. The first-order valence-corrected chi connectivity index (χ1v) is 8.36. The van der Waals surface area contributed by atoms with E-state index in [2.05, 4.69) is 15.6 Å². The number of anilines is 1. The van der Waals surface area contributed by atoms with Crippen molar-refractivity contribution in [2.45, 2.75) is 38.0 Å². The number of nitro benzene ring substituents is 1. The van der Waals surface area contributed by atoms with Gasteiger partial charge in [0.05, 0.1) is 4.92 Å². The summed E-state index contributed by atoms with van der Waals surface area (Å²) in [7, 11) is 0. The molecule has 2 rings (SSSR count). The monoisotopic (exact) mass is 350 g/mol. The minimum absolute atomic E-state index is 0.0290. The van der Waals surface area contributed by atoms with E-state index in [9.17, 15) is 19.7 Å². The van der Waals surface area contributed by atoms with Crippen LogP contribution in [-0.2, 0) is 9.59 Å². The maximum atomic E-state index is 12.1. The highest BCUT2D eigenvalue weighted by Crippen LogP contribution is 2.24. The van der Waals surface area contributed by atoms with Crippen molar-refractivity contribution in [3.63, 3.8) is 0 Å². The molecule has 2 atom stereocenters. The molecule has 0 aliphatic carbocycles. The summed E-state index contributed by atoms with van der Waals surface area (Å²) in [6.45, 7) is 3.95. The molecule has 1 aliphatic heterocycles. The van der Waals surface area contributed by atoms with Crippen molar-refractivity contribution in [2.24, 2.45) is 4.99 Å². The molecule has 0 bridgehead atoms. The lowest BCUT2D eigenvalue weighted by Crippen LogP contribution is -2.28. The van der Waals surface area contributed by atoms with Gasteiger partial charge in [-0.2, -0.15) is 0 Å². The average Bonchev–Trinajstić information content (AvgIpc) is 2.86. The fourth-order valence-electron chi connectivity index (χ4n) is 1.97. The number of nitro groups is 1. The summed E-state index contributed by atoms with van der Waals surface area (Å²) in [5.41, 5.74) is 0.217. The Labute approximate surface area is 143 Å². The summed E-state index contributed by atoms with van der Waals surface area (Å²) in [4.78, 5) is 38.5. The largest absolute Gasteiger partial charge is 0.326 e. The third kappa shape index (κ3) is 4.79. The van der Waals surface area contributed by atoms with Crippen LogP contribution in [0.3, 0.4) is 0 Å². The minimum Gasteiger partial charge on any atom is -0.326 e. The number of thioether (sulfide) groups is 1. The van der Waals surface area contributed by atoms with Crippen molar-refractivity contribution < 1.29 is 14.5 Å². The lowest BCUT2D eigenvalue weighted by molar-refractivity contribution is -0.384. The first-order chi connectivity index (χ1) is 11.4. The standard InChI is InChI=1S/C15H18N4O4S/c1-3-9(2)16-15-18-14(21)12(24-15)8-13(20)17-10-5-4-6-11(7-10)19(22)23/h4-7,9,12H,3,8H2,1-2H3,(H,17,20)(H,16,18,21). The molecular weight excluding hydrogens is 332 g/mol. The van der Waals surface area contributed by atoms with Crippen LogP contribution in [0.25, 0.3) is 0 Å². The second-order valence-corrected chi connectivity index (χ2v) is 6.54. The number of carbonyl (C=O) groups excluding carboxylic acids is 2. The molecule has 1 aromatic carbocycles. The van der Waals surface area contributed by atoms with Crippen molar-refractivity contribution in [2.75, 3.05) is 5.32 Å². The van der Waals surface area contributed by atoms with Crippen LogP contribution in [0.1, 0.15) is 26.7 Å². The number of nitrogens with zero attached hydrogens (tertiary/aromatic N) is 2. The Morgan fingerprint density at radius 2 is 2.29 bits per heavy atom. The molecule has 1 saturated heterocycles. The fraction of sp³-hybridized carbons (Fsp3) is 0.400. The normalized spacial score (nSPS) is 19.8. The Bertz CT molecular complexity index is 692. The van der Waals surface area contributed by atoms with E-state index >= 15 is 0 Å². The lowest BCUT2D eigenvalue weighted by Gasteiger charge is -2.07. The number of rotatable bonds is 6. The van der Waals surface area contributed by atoms with Gasteiger partial charge in [0, 0.05) is 30.3 Å². The van der Waals surface area contributed by atoms with Crippen molar-refractivity contribution in [1.82, 2.24) is 5.32 Å². The predicted octanol–water partition coefficient (Wildman–Crippen LogP) is 2.31. The Balaban J connectivity index is 1.95. The van der Waals surface area contributed by atoms with Gasteiger partial charge in [0.25, 0.3) is 5.69 Å². The summed E-state index contributed by atoms with van der Waals surface area (Å²) in [5.74, 6) is -0.635. The number of hydrogen-bond acceptors (Lipinski definition) is 6. The van der Waals surface area contributed by atoms with Crippen LogP contribution in [0.5, 0.6) is 0 Å². The topological polar surface area (TPSA) is 114 Å². The van der Waals surface area contributed by atoms with Crippen LogP contribution in [-0.4, -0.2) is 33.2 Å². The number of nitrogens with one attached hydrogen (secondary N) is 2. The predicted molar refractivity (Wildman–Crippen MR) is 93.1 cm³/mol. The zero-order valence-electron chi connectivity index (χ0n) is 13.3. The Kier molecular flexibility index (Phi) is 5.91. The van der Waals surface area contributed by atoms with Crippen molar-refractivity contribution in [1.29, 1.82) is 0 Å². The molecule has 24 heavy (non-hydrogen) atoms. The van der Waals surface area contributed by atoms with Gasteiger partial charge in [-0.25, -0.2) is 0 Å². The van der Waals surface area contributed by atoms with Gasteiger partial charge in [0.2, 0.25) is 11.8 Å². The number of amides is 2. The molecule has 1 aromatic rings. The van der Waals surface area contributed by atoms with E-state index in [1.54, 1.807) is 6.07 Å². The molecule has 2 N–H and O–H groups in total. The van der Waals surface area contributed by atoms with E-state index in [0.717, 1.165) is 6.42 Å². The number of non-ortho nitro benzene ring substituents is 1. The van der Waals surface area contributed by atoms with Gasteiger partial charge in [-0.05, 0) is 19.4 Å². The van der Waals surface area contributed by atoms with E-state index in [-0.39, 0.29) is 30.0 Å². The molecule has 0 radical (unpaired) electrons. The highest BCUT2D eigenvalue weighted by Gasteiger charge is 2.32. The molecule has 2 amide bonds. The smallest absolute Gasteiger partial charge is 0.271 e. The molecule has 1 aliphatic rings. The van der Waals surface area contributed by atoms with Crippen LogP contribution >= 0.6 is 11.8 Å². The van der Waals surface area contributed by atoms with Crippen LogP contribution in [0, 0.1) is 10.1 Å². The quantitative estimate of drug-likeness (QED) is 0.603. The van der Waals surface area contributed by atoms with Crippen molar-refractivity contribution >= 4 is 40.1 Å². The molecule has 1 fully saturated rings. The molecule has 2 unspecified atom stereocenters. The zero-order valence-corrected chi connectivity index (χ0v) is 14.1. The van der Waals surface area contributed by atoms with E-state index in [4.69, 9.17) is 0 Å². The summed E-state index contributed by atoms with van der Waals surface area (Å²) in [6.07, 6.45) is 0.830. The van der Waals surface area contributed by atoms with E-state index in [0.29, 0.717) is 10.9 Å². The highest BCUT2D eigenvalue weighted by atomic mass is 32.2. The van der Waals surface area contributed by atoms with Gasteiger partial charge in [0.1, 0.15) is 5.25 Å². The summed E-state index contributed by atoms with van der Waals surface area (Å²) >= 11 is 1.23. The maximum Gasteiger partial charge on any atom is 0.271 e. The third-order valence-electron chi connectivity index (χ3n) is 3.42. The van der Waals surface area contributed by atoms with Crippen LogP contribution in [0.15, 0.2) is 29.3 Å². The molecule has 0 saturated carbocycles. The third-order valence-corrected chi connectivity index (χ3v) is 4.51. The average molecular weight is 350 g/mol. The number of amidine groups is 1. The number of aliphatic imine (C=N–C) groups is 1. The second kappa shape index (κ2) is 7.91. The molecule has 128 valence electrons. The van der Waals surface area contributed by atoms with Gasteiger partial charge >= 0.3 is 0 Å². The minimum atomic E-state index is -0.550. The van der Waals surface area contributed by atoms with Crippen molar-refractivity contribution in [3.05, 3.63) is 34.4 Å². The van der Waals surface area contributed by atoms with E-state index in [1.807, 2.05) is 13.8 Å². The number of hydrogen-bond donors (Lipinski definition) is 2. The molecule has 1 heterocycles. The Morgan fingerprint density at radius 3 is 2.96 bits per heavy atom. The second-order valence-electron chi connectivity index (χ2n) is 5.35. The maximum absolute atomic E-state index is 12.1. The number of benzene rings is 1. The van der Waals surface area contributed by atoms with Crippen LogP contribution in [0.4, 0.5) is 11.4 Å².